The van der Waals surface area contributed by atoms with E-state index in [1.54, 1.807) is 0 Å². The van der Waals surface area contributed by atoms with Gasteiger partial charge in [-0.2, -0.15) is 0 Å². The van der Waals surface area contributed by atoms with Gasteiger partial charge >= 0.3 is 38.1 Å². The van der Waals surface area contributed by atoms with Crippen molar-refractivity contribution in [2.24, 2.45) is 0 Å². The van der Waals surface area contributed by atoms with Gasteiger partial charge < -0.3 is 0 Å². The van der Waals surface area contributed by atoms with Gasteiger partial charge in [0.25, 0.3) is 0 Å². The molecule has 0 amide bonds. The second-order valence-corrected chi connectivity index (χ2v) is 1.00. The van der Waals surface area contributed by atoms with Crippen molar-refractivity contribution in [3.8, 4) is 10.1 Å². The molecule has 0 heterocycles. The Morgan fingerprint density at radius 1 is 1.75 bits per heavy atom. The molecule has 0 aliphatic rings. The van der Waals surface area contributed by atoms with Crippen molar-refractivity contribution in [3.63, 3.8) is 0 Å². The molecule has 16 valence electrons. The number of hydrogen-bond donors (Lipinski definition) is 0. The van der Waals surface area contributed by atoms with Crippen LogP contribution >= 0.6 is 0 Å². The molecule has 0 saturated carbocycles. The van der Waals surface area contributed by atoms with Crippen LogP contribution in [0.15, 0.2) is 0 Å². The normalized spacial score (nSPS) is 4.50. The SMILES string of the molecule is [Li][C]#C[SiH3]. The molecule has 4 heavy (non-hydrogen) atoms. The van der Waals surface area contributed by atoms with E-state index in [1.807, 2.05) is 17.7 Å². The van der Waals surface area contributed by atoms with Gasteiger partial charge in [-0.05, 0) is 0 Å². The van der Waals surface area contributed by atoms with Crippen LogP contribution in [0.4, 0.5) is 0 Å². The molecule has 0 nitrogen and oxygen atoms in total. The van der Waals surface area contributed by atoms with E-state index in [0.29, 0.717) is 0 Å². The zero-order valence-corrected chi connectivity index (χ0v) is 5.00. The predicted octanol–water partition coefficient (Wildman–Crippen LogP) is -1.56. The van der Waals surface area contributed by atoms with Crippen LogP contribution in [-0.2, 0) is 0 Å². The summed E-state index contributed by atoms with van der Waals surface area (Å²) in [7, 11) is 1.03. The third-order valence-corrected chi connectivity index (χ3v) is 0.750. The Hall–Kier alpha value is 0.374. The first kappa shape index (κ1) is 4.37. The molecule has 0 aliphatic carbocycles. The van der Waals surface area contributed by atoms with E-state index < -0.39 is 0 Å². The third-order valence-electron chi connectivity index (χ3n) is 0.250. The molecular weight excluding hydrogens is 59.0 g/mol. The standard InChI is InChI=1S/C2H3Si.Li/c1-2-3;/h3H3;. The van der Waals surface area contributed by atoms with Crippen molar-refractivity contribution in [1.29, 1.82) is 0 Å². The predicted molar refractivity (Wildman–Crippen MR) is 23.5 cm³/mol. The van der Waals surface area contributed by atoms with Crippen LogP contribution in [0.3, 0.4) is 0 Å². The monoisotopic (exact) mass is 62.0 g/mol. The maximum atomic E-state index is 2.82. The maximum absolute atomic E-state index is 2.82. The van der Waals surface area contributed by atoms with Gasteiger partial charge in [0.05, 0.1) is 0 Å². The molecule has 0 aromatic carbocycles. The van der Waals surface area contributed by atoms with Crippen LogP contribution in [0.5, 0.6) is 0 Å². The molecule has 0 N–H and O–H groups in total. The first-order valence-electron chi connectivity index (χ1n) is 1.25. The van der Waals surface area contributed by atoms with Crippen molar-refractivity contribution in [2.45, 2.75) is 0 Å². The Balaban J connectivity index is 2.83. The molecule has 2 heteroatoms. The van der Waals surface area contributed by atoms with Crippen molar-refractivity contribution >= 4 is 28.0 Å². The minimum absolute atomic E-state index is 1.03. The van der Waals surface area contributed by atoms with Gasteiger partial charge in [-0.3, -0.25) is 0 Å². The van der Waals surface area contributed by atoms with E-state index in [0.717, 1.165) is 10.2 Å². The zero-order valence-electron chi connectivity index (χ0n) is 3.00. The van der Waals surface area contributed by atoms with E-state index in [1.165, 1.54) is 0 Å². The van der Waals surface area contributed by atoms with Crippen LogP contribution in [0.25, 0.3) is 0 Å². The van der Waals surface area contributed by atoms with Gasteiger partial charge in [-0.25, -0.2) is 0 Å². The van der Waals surface area contributed by atoms with Crippen LogP contribution < -0.4 is 0 Å². The van der Waals surface area contributed by atoms with Crippen molar-refractivity contribution in [1.82, 2.24) is 0 Å². The van der Waals surface area contributed by atoms with Crippen LogP contribution in [0.2, 0.25) is 0 Å². The molecule has 0 spiro atoms. The fraction of sp³-hybridized carbons (Fsp3) is 0. The Kier molecular flexibility index (Phi) is 3.69. The van der Waals surface area contributed by atoms with Crippen LogP contribution in [-0.4, -0.2) is 28.0 Å². The molecule has 0 bridgehead atoms. The third kappa shape index (κ3) is 2.37. The van der Waals surface area contributed by atoms with E-state index in [2.05, 4.69) is 10.1 Å². The second-order valence-electron chi connectivity index (χ2n) is 0.500. The molecule has 0 unspecified atom stereocenters. The van der Waals surface area contributed by atoms with E-state index in [4.69, 9.17) is 0 Å². The van der Waals surface area contributed by atoms with Crippen LogP contribution in [0, 0.1) is 10.1 Å². The van der Waals surface area contributed by atoms with Gasteiger partial charge in [-0.15, -0.1) is 0 Å². The molecular formula is C2H3LiSi. The Bertz CT molecular complexity index is 42.8. The molecule has 0 aromatic heterocycles. The molecule has 0 fully saturated rings. The van der Waals surface area contributed by atoms with Gasteiger partial charge in [0.15, 0.2) is 0 Å². The summed E-state index contributed by atoms with van der Waals surface area (Å²) in [5, 5.41) is 0. The topological polar surface area (TPSA) is 0 Å². The second kappa shape index (κ2) is 3.37. The summed E-state index contributed by atoms with van der Waals surface area (Å²) in [6.45, 7) is 0. The number of rotatable bonds is 0. The summed E-state index contributed by atoms with van der Waals surface area (Å²) < 4.78 is 2.74. The van der Waals surface area contributed by atoms with Crippen LogP contribution in [0.1, 0.15) is 0 Å². The molecule has 0 aliphatic heterocycles. The Morgan fingerprint density at radius 2 is 2.00 bits per heavy atom. The van der Waals surface area contributed by atoms with Gasteiger partial charge in [0, 0.05) is 0 Å². The molecule has 0 rings (SSSR count). The summed E-state index contributed by atoms with van der Waals surface area (Å²) in [5.41, 5.74) is 2.82. The zero-order chi connectivity index (χ0) is 3.41. The van der Waals surface area contributed by atoms with Crippen molar-refractivity contribution in [2.75, 3.05) is 0 Å². The summed E-state index contributed by atoms with van der Waals surface area (Å²) >= 11 is 1.85. The average Bonchev–Trinajstić information content (AvgIpc) is 1.37. The first-order chi connectivity index (χ1) is 1.91. The summed E-state index contributed by atoms with van der Waals surface area (Å²) in [5.74, 6) is 0. The van der Waals surface area contributed by atoms with Crippen molar-refractivity contribution in [3.05, 3.63) is 0 Å². The minimum atomic E-state index is 1.03. The molecule has 0 saturated heterocycles. The quantitative estimate of drug-likeness (QED) is 0.235. The summed E-state index contributed by atoms with van der Waals surface area (Å²) in [4.78, 5) is 0. The summed E-state index contributed by atoms with van der Waals surface area (Å²) in [6, 6.07) is 0. The Morgan fingerprint density at radius 3 is 2.00 bits per heavy atom. The van der Waals surface area contributed by atoms with E-state index in [-0.39, 0.29) is 0 Å². The summed E-state index contributed by atoms with van der Waals surface area (Å²) in [6.07, 6.45) is 0. The van der Waals surface area contributed by atoms with Gasteiger partial charge in [-0.1, -0.05) is 0 Å². The van der Waals surface area contributed by atoms with E-state index in [9.17, 15) is 0 Å². The molecule has 0 atom stereocenters. The number of hydrogen-bond acceptors (Lipinski definition) is 0. The fourth-order valence-corrected chi connectivity index (χ4v) is 0. The van der Waals surface area contributed by atoms with E-state index >= 15 is 0 Å². The van der Waals surface area contributed by atoms with Crippen molar-refractivity contribution < 1.29 is 0 Å². The fourth-order valence-electron chi connectivity index (χ4n) is 0. The van der Waals surface area contributed by atoms with Gasteiger partial charge in [0.2, 0.25) is 0 Å². The molecule has 0 radical (unpaired) electrons. The van der Waals surface area contributed by atoms with Gasteiger partial charge in [0.1, 0.15) is 0 Å². The first-order valence-corrected chi connectivity index (χ1v) is 2.25. The average molecular weight is 62.1 g/mol. The molecule has 0 aromatic rings. The Labute approximate surface area is 38.6 Å².